The van der Waals surface area contributed by atoms with Crippen LogP contribution in [0.25, 0.3) is 111 Å². The quantitative estimate of drug-likeness (QED) is 0.0753. The second-order valence-corrected chi connectivity index (χ2v) is 38.8. The molecule has 0 aromatic heterocycles. The molecular formula is C144H107N3. The molecule has 3 unspecified atom stereocenters. The Labute approximate surface area is 863 Å². The third kappa shape index (κ3) is 17.0. The highest BCUT2D eigenvalue weighted by molar-refractivity contribution is 5.97. The smallest absolute Gasteiger partial charge is 0.0713 e. The van der Waals surface area contributed by atoms with Gasteiger partial charge in [0.05, 0.1) is 16.8 Å². The molecule has 698 valence electrons. The summed E-state index contributed by atoms with van der Waals surface area (Å²) in [5.41, 5.74) is 48.2. The topological polar surface area (TPSA) is 9.72 Å². The fourth-order valence-electron chi connectivity index (χ4n) is 23.2. The molecule has 23 aromatic rings. The van der Waals surface area contributed by atoms with Gasteiger partial charge in [0.15, 0.2) is 0 Å². The lowest BCUT2D eigenvalue weighted by molar-refractivity contribution is 0.714. The first-order valence-corrected chi connectivity index (χ1v) is 51.0. The SMILES string of the molecule is CC1(c2ccccc2)c2ccccc2-c2cccc(N(c3ccc(-c4ccccc4)cc3)c3ccc(-c4ccccc4)cc3)c21.CC1(c2ccccc2)c2ccccc2-c2cccc(N(c3ccc(-c4ccccc4)cc3)c3cccc(-c4ccccc4)c3)c21.Cc1ccc(C2(c3ccccc3)c3ccccc3-c3cc(-c4ccc(N(c5ccc(-c6ccccc6)cc5)c5cccc(-c6ccccc6)c5)cc4)ccc32)cc1. The normalized spacial score (nSPS) is 14.6. The molecule has 3 heteroatoms. The van der Waals surface area contributed by atoms with E-state index in [-0.39, 0.29) is 10.8 Å². The van der Waals surface area contributed by atoms with Gasteiger partial charge in [-0.2, -0.15) is 0 Å². The van der Waals surface area contributed by atoms with Crippen molar-refractivity contribution >= 4 is 51.2 Å². The van der Waals surface area contributed by atoms with E-state index in [1.165, 1.54) is 184 Å². The van der Waals surface area contributed by atoms with Crippen LogP contribution in [0.4, 0.5) is 51.2 Å². The fourth-order valence-corrected chi connectivity index (χ4v) is 23.2. The van der Waals surface area contributed by atoms with Gasteiger partial charge in [-0.1, -0.05) is 497 Å². The first-order valence-electron chi connectivity index (χ1n) is 51.0. The van der Waals surface area contributed by atoms with Crippen LogP contribution < -0.4 is 14.7 Å². The predicted molar refractivity (Wildman–Crippen MR) is 618 cm³/mol. The van der Waals surface area contributed by atoms with Crippen LogP contribution in [0.1, 0.15) is 75.0 Å². The van der Waals surface area contributed by atoms with Gasteiger partial charge in [-0.15, -0.1) is 0 Å². The molecule has 23 aromatic carbocycles. The van der Waals surface area contributed by atoms with Crippen molar-refractivity contribution < 1.29 is 0 Å². The van der Waals surface area contributed by atoms with E-state index >= 15 is 0 Å². The zero-order valence-corrected chi connectivity index (χ0v) is 82.4. The monoisotopic (exact) mass is 1880 g/mol. The zero-order valence-electron chi connectivity index (χ0n) is 82.4. The molecule has 0 saturated heterocycles. The van der Waals surface area contributed by atoms with Gasteiger partial charge < -0.3 is 14.7 Å². The maximum atomic E-state index is 2.45. The lowest BCUT2D eigenvalue weighted by Crippen LogP contribution is -2.28. The summed E-state index contributed by atoms with van der Waals surface area (Å²) < 4.78 is 0. The van der Waals surface area contributed by atoms with Crippen LogP contribution in [0.3, 0.4) is 0 Å². The molecule has 3 aliphatic rings. The fraction of sp³-hybridized carbons (Fsp3) is 0.0417. The highest BCUT2D eigenvalue weighted by Crippen LogP contribution is 2.62. The van der Waals surface area contributed by atoms with Crippen molar-refractivity contribution in [1.29, 1.82) is 0 Å². The molecule has 3 aliphatic carbocycles. The van der Waals surface area contributed by atoms with Gasteiger partial charge in [0.2, 0.25) is 0 Å². The van der Waals surface area contributed by atoms with Crippen LogP contribution >= 0.6 is 0 Å². The summed E-state index contributed by atoms with van der Waals surface area (Å²) in [6.07, 6.45) is 0. The molecule has 0 N–H and O–H groups in total. The van der Waals surface area contributed by atoms with Gasteiger partial charge in [-0.05, 0) is 291 Å². The minimum absolute atomic E-state index is 0.323. The van der Waals surface area contributed by atoms with E-state index in [2.05, 4.69) is 630 Å². The summed E-state index contributed by atoms with van der Waals surface area (Å²) in [7, 11) is 0. The molecule has 147 heavy (non-hydrogen) atoms. The second kappa shape index (κ2) is 39.7. The maximum Gasteiger partial charge on any atom is 0.0713 e. The first-order chi connectivity index (χ1) is 72.6. The summed E-state index contributed by atoms with van der Waals surface area (Å²) >= 11 is 0. The molecule has 3 atom stereocenters. The number of rotatable bonds is 20. The van der Waals surface area contributed by atoms with Gasteiger partial charge in [-0.25, -0.2) is 0 Å². The average molecular weight is 1880 g/mol. The Morgan fingerprint density at radius 2 is 0.374 bits per heavy atom. The average Bonchev–Trinajstić information content (AvgIpc) is 1.55. The Morgan fingerprint density at radius 1 is 0.143 bits per heavy atom. The van der Waals surface area contributed by atoms with Gasteiger partial charge in [-0.3, -0.25) is 0 Å². The number of hydrogen-bond acceptors (Lipinski definition) is 3. The van der Waals surface area contributed by atoms with Crippen molar-refractivity contribution in [3.05, 3.63) is 656 Å². The molecule has 0 spiro atoms. The maximum absolute atomic E-state index is 2.45. The second-order valence-electron chi connectivity index (χ2n) is 38.8. The lowest BCUT2D eigenvalue weighted by atomic mass is 9.67. The van der Waals surface area contributed by atoms with Crippen molar-refractivity contribution in [2.24, 2.45) is 0 Å². The minimum Gasteiger partial charge on any atom is -0.310 e. The highest BCUT2D eigenvalue weighted by atomic mass is 15.2. The third-order valence-corrected chi connectivity index (χ3v) is 30.3. The molecule has 0 bridgehead atoms. The number of anilines is 9. The van der Waals surface area contributed by atoms with Crippen molar-refractivity contribution in [3.8, 4) is 111 Å². The molecule has 3 nitrogen and oxygen atoms in total. The van der Waals surface area contributed by atoms with E-state index in [4.69, 9.17) is 0 Å². The lowest BCUT2D eigenvalue weighted by Gasteiger charge is -2.35. The van der Waals surface area contributed by atoms with Crippen molar-refractivity contribution in [2.45, 2.75) is 37.0 Å². The summed E-state index contributed by atoms with van der Waals surface area (Å²) in [4.78, 5) is 7.25. The summed E-state index contributed by atoms with van der Waals surface area (Å²) in [6, 6.07) is 216. The van der Waals surface area contributed by atoms with Gasteiger partial charge in [0, 0.05) is 50.6 Å². The number of fused-ring (bicyclic) bond motifs is 9. The molecule has 0 heterocycles. The molecule has 0 aliphatic heterocycles. The van der Waals surface area contributed by atoms with E-state index in [9.17, 15) is 0 Å². The predicted octanol–water partition coefficient (Wildman–Crippen LogP) is 38.5. The molecular weight excluding hydrogens is 1770 g/mol. The van der Waals surface area contributed by atoms with Crippen molar-refractivity contribution in [1.82, 2.24) is 0 Å². The van der Waals surface area contributed by atoms with E-state index < -0.39 is 5.41 Å². The summed E-state index contributed by atoms with van der Waals surface area (Å²) in [5.74, 6) is 0. The van der Waals surface area contributed by atoms with Crippen LogP contribution in [0.15, 0.2) is 595 Å². The van der Waals surface area contributed by atoms with Gasteiger partial charge in [0.1, 0.15) is 0 Å². The minimum atomic E-state index is -0.409. The van der Waals surface area contributed by atoms with Crippen molar-refractivity contribution in [2.75, 3.05) is 14.7 Å². The number of benzene rings is 23. The summed E-state index contributed by atoms with van der Waals surface area (Å²) in [5, 5.41) is 0. The molecule has 0 amide bonds. The zero-order chi connectivity index (χ0) is 98.6. The molecule has 26 rings (SSSR count). The number of aryl methyl sites for hydroxylation is 1. The molecule has 0 radical (unpaired) electrons. The first kappa shape index (κ1) is 91.0. The van der Waals surface area contributed by atoms with Crippen LogP contribution in [-0.4, -0.2) is 0 Å². The van der Waals surface area contributed by atoms with Crippen LogP contribution in [0.2, 0.25) is 0 Å². The molecule has 0 fully saturated rings. The van der Waals surface area contributed by atoms with Crippen LogP contribution in [-0.2, 0) is 16.2 Å². The Hall–Kier alpha value is -18.5. The number of nitrogens with zero attached hydrogens (tertiary/aromatic N) is 3. The van der Waals surface area contributed by atoms with Crippen molar-refractivity contribution in [3.63, 3.8) is 0 Å². The summed E-state index contributed by atoms with van der Waals surface area (Å²) in [6.45, 7) is 6.95. The number of hydrogen-bond donors (Lipinski definition) is 0. The van der Waals surface area contributed by atoms with E-state index in [1.807, 2.05) is 0 Å². The van der Waals surface area contributed by atoms with E-state index in [1.54, 1.807) is 0 Å². The Morgan fingerprint density at radius 3 is 0.735 bits per heavy atom. The third-order valence-electron chi connectivity index (χ3n) is 30.3. The van der Waals surface area contributed by atoms with Crippen LogP contribution in [0, 0.1) is 6.92 Å². The highest BCUT2D eigenvalue weighted by Gasteiger charge is 2.48. The Bertz CT molecular complexity index is 8500. The largest absolute Gasteiger partial charge is 0.310 e. The van der Waals surface area contributed by atoms with Crippen LogP contribution in [0.5, 0.6) is 0 Å². The Kier molecular flexibility index (Phi) is 24.6. The Balaban J connectivity index is 0.000000119. The van der Waals surface area contributed by atoms with Gasteiger partial charge >= 0.3 is 0 Å². The van der Waals surface area contributed by atoms with E-state index in [0.717, 1.165) is 39.8 Å². The molecule has 0 saturated carbocycles. The van der Waals surface area contributed by atoms with E-state index in [0.29, 0.717) is 0 Å². The van der Waals surface area contributed by atoms with Gasteiger partial charge in [0.25, 0.3) is 0 Å². The standard InChI is InChI=1S/C56H41N.2C44H33N/c1-40-24-31-48(32-25-40)56(47-19-9-4-10-20-47)54-23-12-11-22-52(54)53-39-46(30-37-55(53)56)44-28-35-50(36-29-44)57(49-33-26-43(27-34-49)41-14-5-2-6-15-41)51-21-13-18-45(38-51)42-16-7-3-8-17-42;1-44(36-20-9-4-10-21-36)41-25-12-11-23-39(41)40-24-14-26-42(43(40)44)45(37-29-27-34(28-30-37)32-15-5-2-6-16-32)38-22-13-19-35(31-38)33-17-7-3-8-18-33;1-44(36-18-9-4-10-19-36)41-22-12-11-20-39(41)40-21-13-23-42(43(40)44)45(37-28-24-34(25-29-37)32-14-5-2-6-15-32)38-30-26-35(27-31-38)33-16-7-3-8-17-33/h2-39H,1H3;2*2-31H,1H3.